The summed E-state index contributed by atoms with van der Waals surface area (Å²) >= 11 is 1.94. The van der Waals surface area contributed by atoms with Gasteiger partial charge in [0, 0.05) is 25.4 Å². The zero-order valence-corrected chi connectivity index (χ0v) is 13.1. The fourth-order valence-corrected chi connectivity index (χ4v) is 3.33. The van der Waals surface area contributed by atoms with Crippen molar-refractivity contribution in [3.05, 3.63) is 0 Å². The summed E-state index contributed by atoms with van der Waals surface area (Å²) in [6.07, 6.45) is 7.28. The van der Waals surface area contributed by atoms with Crippen molar-refractivity contribution < 1.29 is 0 Å². The smallest absolute Gasteiger partial charge is 0.243 e. The highest BCUT2D eigenvalue weighted by atomic mass is 32.2. The summed E-state index contributed by atoms with van der Waals surface area (Å²) in [5, 5.41) is 3.34. The molecule has 1 aliphatic carbocycles. The Morgan fingerprint density at radius 1 is 1.20 bits per heavy atom. The number of nitrogen functional groups attached to an aromatic ring is 1. The fourth-order valence-electron chi connectivity index (χ4n) is 2.42. The maximum absolute atomic E-state index is 5.41. The molecule has 0 unspecified atom stereocenters. The highest BCUT2D eigenvalue weighted by Gasteiger charge is 2.32. The number of rotatable bonds is 6. The van der Waals surface area contributed by atoms with Crippen molar-refractivity contribution in [3.8, 4) is 0 Å². The molecule has 2 rings (SSSR count). The molecule has 1 aromatic rings. The van der Waals surface area contributed by atoms with E-state index in [1.54, 1.807) is 0 Å². The van der Waals surface area contributed by atoms with Crippen LogP contribution in [0, 0.1) is 0 Å². The minimum absolute atomic E-state index is 0.307. The van der Waals surface area contributed by atoms with Crippen molar-refractivity contribution in [1.82, 2.24) is 15.0 Å². The van der Waals surface area contributed by atoms with E-state index in [1.165, 1.54) is 25.7 Å². The quantitative estimate of drug-likeness (QED) is 0.535. The standard InChI is InChI=1S/C12H23N7S/c1-19(2)11-16-9(15-10(17-11)18-13)14-8-12(20-3)6-4-5-7-12/h4-8,13H2,1-3H3,(H2,14,15,16,17,18). The molecule has 1 saturated carbocycles. The van der Waals surface area contributed by atoms with Gasteiger partial charge in [-0.05, 0) is 19.1 Å². The maximum Gasteiger partial charge on any atom is 0.243 e. The monoisotopic (exact) mass is 297 g/mol. The summed E-state index contributed by atoms with van der Waals surface area (Å²) in [5.41, 5.74) is 2.48. The first-order valence-electron chi connectivity index (χ1n) is 6.77. The molecule has 1 heterocycles. The van der Waals surface area contributed by atoms with Crippen LogP contribution in [0.2, 0.25) is 0 Å². The molecule has 0 aliphatic heterocycles. The van der Waals surface area contributed by atoms with E-state index in [0.29, 0.717) is 22.6 Å². The Kier molecular flexibility index (Phi) is 4.87. The van der Waals surface area contributed by atoms with Crippen LogP contribution in [0.1, 0.15) is 25.7 Å². The van der Waals surface area contributed by atoms with Crippen molar-refractivity contribution in [2.24, 2.45) is 5.84 Å². The number of aromatic nitrogens is 3. The van der Waals surface area contributed by atoms with Gasteiger partial charge in [-0.25, -0.2) is 5.84 Å². The molecule has 4 N–H and O–H groups in total. The molecule has 0 aromatic carbocycles. The Hall–Kier alpha value is -1.28. The zero-order chi connectivity index (χ0) is 14.6. The van der Waals surface area contributed by atoms with Crippen LogP contribution in [-0.4, -0.2) is 46.6 Å². The number of thioether (sulfide) groups is 1. The fraction of sp³-hybridized carbons (Fsp3) is 0.750. The zero-order valence-electron chi connectivity index (χ0n) is 12.3. The van der Waals surface area contributed by atoms with Gasteiger partial charge < -0.3 is 10.2 Å². The Morgan fingerprint density at radius 2 is 1.85 bits per heavy atom. The van der Waals surface area contributed by atoms with E-state index in [4.69, 9.17) is 5.84 Å². The summed E-state index contributed by atoms with van der Waals surface area (Å²) in [6, 6.07) is 0. The minimum atomic E-state index is 0.307. The van der Waals surface area contributed by atoms with Crippen molar-refractivity contribution >= 4 is 29.6 Å². The van der Waals surface area contributed by atoms with Gasteiger partial charge in [0.15, 0.2) is 0 Å². The lowest BCUT2D eigenvalue weighted by Gasteiger charge is -2.27. The first kappa shape index (κ1) is 15.1. The van der Waals surface area contributed by atoms with Gasteiger partial charge in [0.25, 0.3) is 0 Å². The van der Waals surface area contributed by atoms with Crippen molar-refractivity contribution in [2.75, 3.05) is 42.5 Å². The lowest BCUT2D eigenvalue weighted by molar-refractivity contribution is 0.637. The van der Waals surface area contributed by atoms with E-state index in [9.17, 15) is 0 Å². The van der Waals surface area contributed by atoms with Crippen LogP contribution in [0.5, 0.6) is 0 Å². The van der Waals surface area contributed by atoms with Crippen LogP contribution in [0.3, 0.4) is 0 Å². The first-order chi connectivity index (χ1) is 9.58. The van der Waals surface area contributed by atoms with Gasteiger partial charge in [-0.15, -0.1) is 0 Å². The number of hydrazine groups is 1. The third-order valence-electron chi connectivity index (χ3n) is 3.67. The second kappa shape index (κ2) is 6.45. The highest BCUT2D eigenvalue weighted by Crippen LogP contribution is 2.40. The average Bonchev–Trinajstić information content (AvgIpc) is 2.94. The molecule has 0 bridgehead atoms. The molecule has 1 aliphatic rings. The van der Waals surface area contributed by atoms with Crippen molar-refractivity contribution in [2.45, 2.75) is 30.4 Å². The molecular weight excluding hydrogens is 274 g/mol. The lowest BCUT2D eigenvalue weighted by atomic mass is 10.1. The topological polar surface area (TPSA) is 92.0 Å². The summed E-state index contributed by atoms with van der Waals surface area (Å²) in [6.45, 7) is 0.870. The predicted molar refractivity (Wildman–Crippen MR) is 85.2 cm³/mol. The predicted octanol–water partition coefficient (Wildman–Crippen LogP) is 1.31. The average molecular weight is 297 g/mol. The Labute approximate surface area is 124 Å². The third-order valence-corrected chi connectivity index (χ3v) is 5.09. The van der Waals surface area contributed by atoms with Crippen LogP contribution in [0.4, 0.5) is 17.8 Å². The summed E-state index contributed by atoms with van der Waals surface area (Å²) in [7, 11) is 3.78. The molecule has 0 amide bonds. The molecule has 0 saturated heterocycles. The highest BCUT2D eigenvalue weighted by molar-refractivity contribution is 8.00. The van der Waals surface area contributed by atoms with Gasteiger partial charge in [0.2, 0.25) is 17.8 Å². The lowest BCUT2D eigenvalue weighted by Crippen LogP contribution is -2.31. The van der Waals surface area contributed by atoms with Crippen LogP contribution >= 0.6 is 11.8 Å². The molecule has 1 aromatic heterocycles. The minimum Gasteiger partial charge on any atom is -0.353 e. The normalized spacial score (nSPS) is 17.0. The maximum atomic E-state index is 5.41. The van der Waals surface area contributed by atoms with Crippen LogP contribution < -0.4 is 21.5 Å². The second-order valence-electron chi connectivity index (χ2n) is 5.27. The summed E-state index contributed by atoms with van der Waals surface area (Å²) < 4.78 is 0.307. The van der Waals surface area contributed by atoms with E-state index < -0.39 is 0 Å². The van der Waals surface area contributed by atoms with E-state index in [2.05, 4.69) is 32.0 Å². The van der Waals surface area contributed by atoms with E-state index in [0.717, 1.165) is 6.54 Å². The number of nitrogens with one attached hydrogen (secondary N) is 2. The van der Waals surface area contributed by atoms with Crippen LogP contribution in [0.15, 0.2) is 0 Å². The molecule has 7 nitrogen and oxygen atoms in total. The summed E-state index contributed by atoms with van der Waals surface area (Å²) in [4.78, 5) is 14.7. The van der Waals surface area contributed by atoms with Gasteiger partial charge in [-0.3, -0.25) is 5.43 Å². The molecule has 112 valence electrons. The number of nitrogens with zero attached hydrogens (tertiary/aromatic N) is 4. The van der Waals surface area contributed by atoms with Crippen molar-refractivity contribution in [1.29, 1.82) is 0 Å². The molecule has 8 heteroatoms. The first-order valence-corrected chi connectivity index (χ1v) is 8.00. The van der Waals surface area contributed by atoms with E-state index in [1.807, 2.05) is 30.8 Å². The van der Waals surface area contributed by atoms with Gasteiger partial charge in [0.05, 0.1) is 0 Å². The summed E-state index contributed by atoms with van der Waals surface area (Å²) in [5.74, 6) is 6.93. The molecule has 0 spiro atoms. The number of hydrogen-bond donors (Lipinski definition) is 3. The van der Waals surface area contributed by atoms with Gasteiger partial charge in [-0.1, -0.05) is 12.8 Å². The second-order valence-corrected chi connectivity index (χ2v) is 6.54. The molecule has 20 heavy (non-hydrogen) atoms. The molecular formula is C12H23N7S. The van der Waals surface area contributed by atoms with E-state index >= 15 is 0 Å². The number of anilines is 3. The SMILES string of the molecule is CSC1(CNc2nc(NN)nc(N(C)C)n2)CCCC1. The Balaban J connectivity index is 2.10. The molecule has 0 atom stereocenters. The number of hydrogen-bond acceptors (Lipinski definition) is 8. The van der Waals surface area contributed by atoms with Gasteiger partial charge in [-0.2, -0.15) is 26.7 Å². The Bertz CT molecular complexity index is 445. The third kappa shape index (κ3) is 3.43. The largest absolute Gasteiger partial charge is 0.353 e. The Morgan fingerprint density at radius 3 is 2.40 bits per heavy atom. The van der Waals surface area contributed by atoms with Gasteiger partial charge in [0.1, 0.15) is 0 Å². The molecule has 0 radical (unpaired) electrons. The molecule has 1 fully saturated rings. The van der Waals surface area contributed by atoms with E-state index in [-0.39, 0.29) is 0 Å². The van der Waals surface area contributed by atoms with Crippen molar-refractivity contribution in [3.63, 3.8) is 0 Å². The number of nitrogens with two attached hydrogens (primary N) is 1. The van der Waals surface area contributed by atoms with Crippen LogP contribution in [0.25, 0.3) is 0 Å². The van der Waals surface area contributed by atoms with Gasteiger partial charge >= 0.3 is 0 Å². The van der Waals surface area contributed by atoms with Crippen LogP contribution in [-0.2, 0) is 0 Å².